The molecule has 2 aromatic rings. The lowest BCUT2D eigenvalue weighted by Crippen LogP contribution is -3.16. The van der Waals surface area contributed by atoms with E-state index in [0.29, 0.717) is 16.3 Å². The van der Waals surface area contributed by atoms with E-state index < -0.39 is 23.7 Å². The lowest BCUT2D eigenvalue weighted by Gasteiger charge is -2.25. The first-order valence-electron chi connectivity index (χ1n) is 9.76. The number of amides is 2. The van der Waals surface area contributed by atoms with Crippen molar-refractivity contribution in [3.05, 3.63) is 64.9 Å². The Kier molecular flexibility index (Phi) is 4.29. The van der Waals surface area contributed by atoms with Gasteiger partial charge in [-0.15, -0.1) is 0 Å². The maximum atomic E-state index is 13.4. The number of halogens is 2. The molecule has 0 saturated carbocycles. The second-order valence-corrected chi connectivity index (χ2v) is 8.40. The number of imide groups is 1. The fourth-order valence-electron chi connectivity index (χ4n) is 5.38. The quantitative estimate of drug-likeness (QED) is 0.617. The number of carbonyl (C=O) groups is 3. The van der Waals surface area contributed by atoms with Crippen LogP contribution in [0.25, 0.3) is 0 Å². The van der Waals surface area contributed by atoms with Crippen LogP contribution in [0.5, 0.6) is 0 Å². The Hall–Kier alpha value is -2.57. The summed E-state index contributed by atoms with van der Waals surface area (Å²) in [6.07, 6.45) is 1.73. The summed E-state index contributed by atoms with van der Waals surface area (Å²) in [5.74, 6) is -2.36. The molecule has 148 valence electrons. The van der Waals surface area contributed by atoms with Gasteiger partial charge in [0.05, 0.1) is 12.2 Å². The Morgan fingerprint density at radius 2 is 1.66 bits per heavy atom. The van der Waals surface area contributed by atoms with Crippen molar-refractivity contribution >= 4 is 34.9 Å². The Balaban J connectivity index is 1.54. The first kappa shape index (κ1) is 18.5. The van der Waals surface area contributed by atoms with E-state index in [9.17, 15) is 18.8 Å². The maximum absolute atomic E-state index is 13.4. The summed E-state index contributed by atoms with van der Waals surface area (Å²) in [6.45, 7) is 0.761. The van der Waals surface area contributed by atoms with Crippen molar-refractivity contribution < 1.29 is 23.7 Å². The highest BCUT2D eigenvalue weighted by Gasteiger charge is 2.68. The van der Waals surface area contributed by atoms with Crippen LogP contribution in [-0.4, -0.2) is 36.2 Å². The van der Waals surface area contributed by atoms with Gasteiger partial charge in [0.25, 0.3) is 0 Å². The van der Waals surface area contributed by atoms with Crippen LogP contribution >= 0.6 is 11.6 Å². The Labute approximate surface area is 172 Å². The lowest BCUT2D eigenvalue weighted by molar-refractivity contribution is -0.915. The van der Waals surface area contributed by atoms with Gasteiger partial charge < -0.3 is 4.90 Å². The molecule has 5 rings (SSSR count). The SMILES string of the molecule is O=C(c1ccc(F)cc1)[C@H]1[C@@H]2C(=O)N(c3ccc(Cl)cc3)C(=O)[C@@H]2[C@@H]2CCC[NH+]21. The van der Waals surface area contributed by atoms with Crippen LogP contribution in [0.1, 0.15) is 23.2 Å². The number of benzene rings is 2. The predicted octanol–water partition coefficient (Wildman–Crippen LogP) is 1.90. The molecule has 0 aromatic heterocycles. The second-order valence-electron chi connectivity index (χ2n) is 7.96. The van der Waals surface area contributed by atoms with Crippen LogP contribution in [0.4, 0.5) is 10.1 Å². The molecule has 3 heterocycles. The minimum Gasteiger partial charge on any atom is -0.322 e. The Bertz CT molecular complexity index is 1010. The molecule has 0 radical (unpaired) electrons. The number of fused-ring (bicyclic) bond motifs is 3. The molecule has 0 spiro atoms. The van der Waals surface area contributed by atoms with E-state index in [-0.39, 0.29) is 23.6 Å². The Morgan fingerprint density at radius 1 is 1.00 bits per heavy atom. The average Bonchev–Trinajstić information content (AvgIpc) is 3.35. The zero-order valence-corrected chi connectivity index (χ0v) is 16.2. The van der Waals surface area contributed by atoms with Gasteiger partial charge in [0.15, 0.2) is 6.04 Å². The summed E-state index contributed by atoms with van der Waals surface area (Å²) < 4.78 is 13.3. The van der Waals surface area contributed by atoms with Gasteiger partial charge in [-0.2, -0.15) is 0 Å². The highest BCUT2D eigenvalue weighted by molar-refractivity contribution is 6.31. The minimum atomic E-state index is -0.684. The van der Waals surface area contributed by atoms with Gasteiger partial charge in [-0.1, -0.05) is 11.6 Å². The van der Waals surface area contributed by atoms with Gasteiger partial charge in [0, 0.05) is 23.4 Å². The molecular formula is C22H19ClFN2O3+. The van der Waals surface area contributed by atoms with E-state index in [1.165, 1.54) is 29.2 Å². The van der Waals surface area contributed by atoms with E-state index in [4.69, 9.17) is 11.6 Å². The topological polar surface area (TPSA) is 58.9 Å². The molecule has 29 heavy (non-hydrogen) atoms. The van der Waals surface area contributed by atoms with Crippen LogP contribution in [0.3, 0.4) is 0 Å². The molecule has 3 saturated heterocycles. The molecule has 3 fully saturated rings. The molecule has 2 amide bonds. The zero-order chi connectivity index (χ0) is 20.3. The van der Waals surface area contributed by atoms with Gasteiger partial charge in [-0.05, 0) is 48.5 Å². The molecule has 5 atom stereocenters. The van der Waals surface area contributed by atoms with E-state index >= 15 is 0 Å². The summed E-state index contributed by atoms with van der Waals surface area (Å²) in [7, 11) is 0. The number of carbonyl (C=O) groups excluding carboxylic acids is 3. The fourth-order valence-corrected chi connectivity index (χ4v) is 5.51. The van der Waals surface area contributed by atoms with Crippen molar-refractivity contribution in [2.24, 2.45) is 11.8 Å². The summed E-state index contributed by atoms with van der Waals surface area (Å²) in [6, 6.07) is 11.3. The van der Waals surface area contributed by atoms with Crippen LogP contribution in [0.15, 0.2) is 48.5 Å². The van der Waals surface area contributed by atoms with Crippen LogP contribution < -0.4 is 9.80 Å². The summed E-state index contributed by atoms with van der Waals surface area (Å²) in [5.41, 5.74) is 0.853. The molecule has 2 aromatic carbocycles. The standard InChI is InChI=1S/C22H18ClFN2O3/c23-13-5-9-15(10-6-13)26-21(28)17-16-2-1-11-25(16)19(18(17)22(26)29)20(27)12-3-7-14(24)8-4-12/h3-10,16-19H,1-2,11H2/p+1/t16-,17+,18+,19+/m0/s1. The van der Waals surface area contributed by atoms with Crippen molar-refractivity contribution in [3.8, 4) is 0 Å². The minimum absolute atomic E-state index is 0.0388. The lowest BCUT2D eigenvalue weighted by atomic mass is 9.85. The number of Topliss-reactive ketones (excluding diaryl/α,β-unsaturated/α-hetero) is 1. The largest absolute Gasteiger partial charge is 0.322 e. The first-order chi connectivity index (χ1) is 14.0. The van der Waals surface area contributed by atoms with Crippen molar-refractivity contribution in [1.82, 2.24) is 0 Å². The number of hydrogen-bond acceptors (Lipinski definition) is 3. The van der Waals surface area contributed by atoms with E-state index in [1.54, 1.807) is 24.3 Å². The molecule has 3 aliphatic heterocycles. The highest BCUT2D eigenvalue weighted by Crippen LogP contribution is 2.40. The number of anilines is 1. The molecule has 1 N–H and O–H groups in total. The van der Waals surface area contributed by atoms with Crippen molar-refractivity contribution in [2.75, 3.05) is 11.4 Å². The summed E-state index contributed by atoms with van der Waals surface area (Å²) >= 11 is 5.94. The number of ketones is 1. The molecule has 3 aliphatic rings. The third-order valence-electron chi connectivity index (χ3n) is 6.54. The van der Waals surface area contributed by atoms with Gasteiger partial charge in [-0.3, -0.25) is 14.4 Å². The van der Waals surface area contributed by atoms with Crippen LogP contribution in [0.2, 0.25) is 5.02 Å². The molecule has 5 nitrogen and oxygen atoms in total. The van der Waals surface area contributed by atoms with Crippen LogP contribution in [0, 0.1) is 17.7 Å². The zero-order valence-electron chi connectivity index (χ0n) is 15.5. The number of rotatable bonds is 3. The fraction of sp³-hybridized carbons (Fsp3) is 0.318. The number of nitrogens with one attached hydrogen (secondary N) is 1. The normalized spacial score (nSPS) is 30.6. The van der Waals surface area contributed by atoms with Crippen molar-refractivity contribution in [1.29, 1.82) is 0 Å². The van der Waals surface area contributed by atoms with Crippen molar-refractivity contribution in [2.45, 2.75) is 24.9 Å². The highest BCUT2D eigenvalue weighted by atomic mass is 35.5. The first-order valence-corrected chi connectivity index (χ1v) is 10.1. The second kappa shape index (κ2) is 6.75. The van der Waals surface area contributed by atoms with Gasteiger partial charge in [0.2, 0.25) is 17.6 Å². The maximum Gasteiger partial charge on any atom is 0.244 e. The molecule has 7 heteroatoms. The predicted molar refractivity (Wildman–Crippen MR) is 104 cm³/mol. The van der Waals surface area contributed by atoms with Gasteiger partial charge in [-0.25, -0.2) is 9.29 Å². The summed E-state index contributed by atoms with van der Waals surface area (Å²) in [4.78, 5) is 42.2. The monoisotopic (exact) mass is 413 g/mol. The number of nitrogens with zero attached hydrogens (tertiary/aromatic N) is 1. The third-order valence-corrected chi connectivity index (χ3v) is 6.79. The average molecular weight is 414 g/mol. The molecule has 0 bridgehead atoms. The van der Waals surface area contributed by atoms with Crippen molar-refractivity contribution in [3.63, 3.8) is 0 Å². The molecular weight excluding hydrogens is 395 g/mol. The van der Waals surface area contributed by atoms with E-state index in [0.717, 1.165) is 24.3 Å². The number of quaternary nitrogens is 1. The number of hydrogen-bond donors (Lipinski definition) is 1. The summed E-state index contributed by atoms with van der Waals surface area (Å²) in [5, 5.41) is 0.517. The third kappa shape index (κ3) is 2.74. The molecule has 0 aliphatic carbocycles. The molecule has 1 unspecified atom stereocenters. The smallest absolute Gasteiger partial charge is 0.244 e. The van der Waals surface area contributed by atoms with Gasteiger partial charge >= 0.3 is 0 Å². The van der Waals surface area contributed by atoms with E-state index in [1.807, 2.05) is 0 Å². The van der Waals surface area contributed by atoms with Crippen LogP contribution in [-0.2, 0) is 9.59 Å². The van der Waals surface area contributed by atoms with E-state index in [2.05, 4.69) is 0 Å². The van der Waals surface area contributed by atoms with Gasteiger partial charge in [0.1, 0.15) is 23.7 Å². The Morgan fingerprint density at radius 3 is 2.34 bits per heavy atom.